The Morgan fingerprint density at radius 3 is 3.04 bits per heavy atom. The van der Waals surface area contributed by atoms with Crippen LogP contribution in [0.5, 0.6) is 0 Å². The maximum Gasteiger partial charge on any atom is 0.271 e. The molecule has 9 nitrogen and oxygen atoms in total. The van der Waals surface area contributed by atoms with Crippen LogP contribution < -0.4 is 10.9 Å². The second-order valence-electron chi connectivity index (χ2n) is 5.58. The molecule has 1 aliphatic rings. The van der Waals surface area contributed by atoms with Crippen LogP contribution in [-0.4, -0.2) is 39.6 Å². The van der Waals surface area contributed by atoms with Crippen LogP contribution in [0.3, 0.4) is 0 Å². The van der Waals surface area contributed by atoms with E-state index < -0.39 is 10.5 Å². The van der Waals surface area contributed by atoms with Crippen LogP contribution in [0.2, 0.25) is 0 Å². The number of aromatic nitrogens is 2. The Hall–Kier alpha value is -2.81. The number of fused-ring (bicyclic) bond motifs is 1. The first kappa shape index (κ1) is 16.1. The first-order valence-electron chi connectivity index (χ1n) is 7.56. The van der Waals surface area contributed by atoms with E-state index in [4.69, 9.17) is 4.74 Å². The van der Waals surface area contributed by atoms with Crippen LogP contribution >= 0.6 is 0 Å². The molecule has 0 bridgehead atoms. The molecule has 2 heterocycles. The third-order valence-corrected chi connectivity index (χ3v) is 3.88. The van der Waals surface area contributed by atoms with Gasteiger partial charge in [-0.2, -0.15) is 0 Å². The number of non-ortho nitro benzene ring substituents is 1. The van der Waals surface area contributed by atoms with E-state index in [-0.39, 0.29) is 35.1 Å². The van der Waals surface area contributed by atoms with E-state index in [1.165, 1.54) is 29.1 Å². The summed E-state index contributed by atoms with van der Waals surface area (Å²) in [4.78, 5) is 38.5. The minimum atomic E-state index is -0.550. The van der Waals surface area contributed by atoms with Gasteiger partial charge < -0.3 is 10.1 Å². The SMILES string of the molecule is O=C(Cn1cnc2cc([N+](=O)[O-])ccc2c1=O)NCC1CCCO1. The van der Waals surface area contributed by atoms with E-state index in [2.05, 4.69) is 10.3 Å². The van der Waals surface area contributed by atoms with Crippen molar-refractivity contribution in [3.05, 3.63) is 45.0 Å². The number of benzene rings is 1. The minimum absolute atomic E-state index is 0.0287. The van der Waals surface area contributed by atoms with Gasteiger partial charge in [0.15, 0.2) is 0 Å². The Morgan fingerprint density at radius 1 is 1.50 bits per heavy atom. The van der Waals surface area contributed by atoms with Crippen LogP contribution in [0.25, 0.3) is 10.9 Å². The highest BCUT2D eigenvalue weighted by Gasteiger charge is 2.17. The molecule has 0 spiro atoms. The Bertz CT molecular complexity index is 841. The molecule has 1 aliphatic heterocycles. The van der Waals surface area contributed by atoms with Crippen molar-refractivity contribution in [2.24, 2.45) is 0 Å². The molecule has 1 unspecified atom stereocenters. The van der Waals surface area contributed by atoms with Gasteiger partial charge in [-0.15, -0.1) is 0 Å². The zero-order valence-corrected chi connectivity index (χ0v) is 12.8. The molecule has 9 heteroatoms. The molecule has 1 aromatic carbocycles. The van der Waals surface area contributed by atoms with Gasteiger partial charge in [0, 0.05) is 25.3 Å². The Kier molecular flexibility index (Phi) is 4.52. The topological polar surface area (TPSA) is 116 Å². The van der Waals surface area contributed by atoms with Gasteiger partial charge in [-0.05, 0) is 18.9 Å². The first-order chi connectivity index (χ1) is 11.5. The van der Waals surface area contributed by atoms with Gasteiger partial charge in [0.2, 0.25) is 5.91 Å². The van der Waals surface area contributed by atoms with Crippen LogP contribution in [0.15, 0.2) is 29.3 Å². The number of carbonyl (C=O) groups is 1. The summed E-state index contributed by atoms with van der Waals surface area (Å²) in [5.74, 6) is -0.310. The fraction of sp³-hybridized carbons (Fsp3) is 0.400. The molecule has 1 fully saturated rings. The second-order valence-corrected chi connectivity index (χ2v) is 5.58. The van der Waals surface area contributed by atoms with Gasteiger partial charge in [0.25, 0.3) is 11.2 Å². The molecule has 1 aromatic heterocycles. The third-order valence-electron chi connectivity index (χ3n) is 3.88. The molecular weight excluding hydrogens is 316 g/mol. The molecule has 1 N–H and O–H groups in total. The number of nitrogens with one attached hydrogen (secondary N) is 1. The average Bonchev–Trinajstić information content (AvgIpc) is 3.08. The number of nitro groups is 1. The van der Waals surface area contributed by atoms with E-state index in [1.807, 2.05) is 0 Å². The van der Waals surface area contributed by atoms with E-state index in [0.717, 1.165) is 12.8 Å². The second kappa shape index (κ2) is 6.75. The Balaban J connectivity index is 1.73. The summed E-state index contributed by atoms with van der Waals surface area (Å²) >= 11 is 0. The smallest absolute Gasteiger partial charge is 0.271 e. The van der Waals surface area contributed by atoms with Crippen LogP contribution in [0.4, 0.5) is 5.69 Å². The van der Waals surface area contributed by atoms with Crippen molar-refractivity contribution in [2.45, 2.75) is 25.5 Å². The highest BCUT2D eigenvalue weighted by Crippen LogP contribution is 2.16. The predicted molar refractivity (Wildman–Crippen MR) is 84.6 cm³/mol. The highest BCUT2D eigenvalue weighted by molar-refractivity contribution is 5.80. The van der Waals surface area contributed by atoms with Crippen molar-refractivity contribution in [3.63, 3.8) is 0 Å². The number of hydrogen-bond donors (Lipinski definition) is 1. The number of amides is 1. The number of nitrogens with zero attached hydrogens (tertiary/aromatic N) is 3. The van der Waals surface area contributed by atoms with Crippen molar-refractivity contribution in [3.8, 4) is 0 Å². The summed E-state index contributed by atoms with van der Waals surface area (Å²) in [6.45, 7) is 0.965. The van der Waals surface area contributed by atoms with E-state index >= 15 is 0 Å². The molecule has 0 saturated carbocycles. The summed E-state index contributed by atoms with van der Waals surface area (Å²) in [5.41, 5.74) is -0.325. The van der Waals surface area contributed by atoms with E-state index in [1.54, 1.807) is 0 Å². The van der Waals surface area contributed by atoms with Gasteiger partial charge in [-0.1, -0.05) is 0 Å². The maximum atomic E-state index is 12.4. The lowest BCUT2D eigenvalue weighted by atomic mass is 10.2. The van der Waals surface area contributed by atoms with Gasteiger partial charge in [-0.25, -0.2) is 4.98 Å². The van der Waals surface area contributed by atoms with Crippen molar-refractivity contribution < 1.29 is 14.5 Å². The molecule has 1 atom stereocenters. The number of ether oxygens (including phenoxy) is 1. The molecule has 1 saturated heterocycles. The zero-order valence-electron chi connectivity index (χ0n) is 12.8. The van der Waals surface area contributed by atoms with Gasteiger partial charge in [0.1, 0.15) is 6.54 Å². The molecule has 0 radical (unpaired) electrons. The normalized spacial score (nSPS) is 17.1. The summed E-state index contributed by atoms with van der Waals surface area (Å²) in [7, 11) is 0. The molecule has 126 valence electrons. The third kappa shape index (κ3) is 3.40. The first-order valence-corrected chi connectivity index (χ1v) is 7.56. The zero-order chi connectivity index (χ0) is 17.1. The van der Waals surface area contributed by atoms with Gasteiger partial charge in [0.05, 0.1) is 28.3 Å². The highest BCUT2D eigenvalue weighted by atomic mass is 16.6. The lowest BCUT2D eigenvalue weighted by molar-refractivity contribution is -0.384. The lowest BCUT2D eigenvalue weighted by Crippen LogP contribution is -2.36. The monoisotopic (exact) mass is 332 g/mol. The molecule has 0 aliphatic carbocycles. The fourth-order valence-corrected chi connectivity index (χ4v) is 2.62. The number of rotatable bonds is 5. The quantitative estimate of drug-likeness (QED) is 0.633. The summed E-state index contributed by atoms with van der Waals surface area (Å²) in [6.07, 6.45) is 3.15. The van der Waals surface area contributed by atoms with Gasteiger partial charge >= 0.3 is 0 Å². The van der Waals surface area contributed by atoms with Crippen molar-refractivity contribution in [1.82, 2.24) is 14.9 Å². The lowest BCUT2D eigenvalue weighted by Gasteiger charge is -2.11. The largest absolute Gasteiger partial charge is 0.376 e. The van der Waals surface area contributed by atoms with E-state index in [9.17, 15) is 19.7 Å². The average molecular weight is 332 g/mol. The van der Waals surface area contributed by atoms with Crippen molar-refractivity contribution in [2.75, 3.05) is 13.2 Å². The summed E-state index contributed by atoms with van der Waals surface area (Å²) < 4.78 is 6.59. The van der Waals surface area contributed by atoms with Crippen LogP contribution in [0.1, 0.15) is 12.8 Å². The Labute approximate surface area is 136 Å². The number of hydrogen-bond acceptors (Lipinski definition) is 6. The number of nitro benzene ring substituents is 1. The Morgan fingerprint density at radius 2 is 2.33 bits per heavy atom. The molecular formula is C15H16N4O5. The summed E-state index contributed by atoms with van der Waals surface area (Å²) in [6, 6.07) is 3.83. The van der Waals surface area contributed by atoms with Crippen LogP contribution in [-0.2, 0) is 16.1 Å². The standard InChI is InChI=1S/C15H16N4O5/c20-14(16-7-11-2-1-5-24-11)8-18-9-17-13-6-10(19(22)23)3-4-12(13)15(18)21/h3-4,6,9,11H,1-2,5,7-8H2,(H,16,20). The van der Waals surface area contributed by atoms with Crippen LogP contribution in [0, 0.1) is 10.1 Å². The number of carbonyl (C=O) groups excluding carboxylic acids is 1. The maximum absolute atomic E-state index is 12.4. The molecule has 2 aromatic rings. The van der Waals surface area contributed by atoms with Crippen molar-refractivity contribution >= 4 is 22.5 Å². The van der Waals surface area contributed by atoms with Gasteiger partial charge in [-0.3, -0.25) is 24.3 Å². The van der Waals surface area contributed by atoms with Crippen molar-refractivity contribution in [1.29, 1.82) is 0 Å². The molecule has 3 rings (SSSR count). The predicted octanol–water partition coefficient (Wildman–Crippen LogP) is 0.600. The minimum Gasteiger partial charge on any atom is -0.376 e. The van der Waals surface area contributed by atoms with E-state index in [0.29, 0.717) is 13.2 Å². The fourth-order valence-electron chi connectivity index (χ4n) is 2.62. The molecule has 1 amide bonds. The molecule has 24 heavy (non-hydrogen) atoms. The summed E-state index contributed by atoms with van der Waals surface area (Å²) in [5, 5.41) is 13.7.